The highest BCUT2D eigenvalue weighted by molar-refractivity contribution is 5.22. The number of rotatable bonds is 6. The van der Waals surface area contributed by atoms with E-state index in [1.54, 1.807) is 0 Å². The molecule has 0 atom stereocenters. The molecule has 0 spiro atoms. The maximum absolute atomic E-state index is 5.33. The Morgan fingerprint density at radius 2 is 1.55 bits per heavy atom. The van der Waals surface area contributed by atoms with Crippen molar-refractivity contribution in [3.8, 4) is 0 Å². The molecule has 1 saturated heterocycles. The number of hydrazine groups is 1. The molecule has 20 heavy (non-hydrogen) atoms. The molecular formula is C16H28N4. The highest BCUT2D eigenvalue weighted by atomic mass is 15.3. The molecule has 3 N–H and O–H groups in total. The van der Waals surface area contributed by atoms with Crippen LogP contribution in [-0.4, -0.2) is 42.5 Å². The zero-order valence-electron chi connectivity index (χ0n) is 12.8. The normalized spacial score (nSPS) is 17.8. The molecule has 0 aromatic heterocycles. The van der Waals surface area contributed by atoms with Gasteiger partial charge in [-0.2, -0.15) is 0 Å². The van der Waals surface area contributed by atoms with Crippen LogP contribution in [0.5, 0.6) is 0 Å². The van der Waals surface area contributed by atoms with Crippen molar-refractivity contribution in [1.82, 2.24) is 15.2 Å². The molecule has 2 rings (SSSR count). The topological polar surface area (TPSA) is 44.5 Å². The van der Waals surface area contributed by atoms with E-state index in [0.717, 1.165) is 19.0 Å². The summed E-state index contributed by atoms with van der Waals surface area (Å²) in [7, 11) is 0. The Hall–Kier alpha value is -0.940. The van der Waals surface area contributed by atoms with Gasteiger partial charge in [-0.3, -0.25) is 16.2 Å². The van der Waals surface area contributed by atoms with Gasteiger partial charge in [0.15, 0.2) is 0 Å². The fourth-order valence-corrected chi connectivity index (χ4v) is 2.78. The number of hydrogen-bond donors (Lipinski definition) is 2. The Kier molecular flexibility index (Phi) is 5.98. The van der Waals surface area contributed by atoms with Crippen molar-refractivity contribution in [2.24, 2.45) is 11.8 Å². The number of nitrogens with one attached hydrogen (secondary N) is 1. The van der Waals surface area contributed by atoms with Gasteiger partial charge < -0.3 is 4.90 Å². The molecule has 1 aromatic rings. The summed E-state index contributed by atoms with van der Waals surface area (Å²) >= 11 is 0. The lowest BCUT2D eigenvalue weighted by Gasteiger charge is -2.35. The second-order valence-electron chi connectivity index (χ2n) is 6.17. The molecule has 0 saturated carbocycles. The number of nitrogens with two attached hydrogens (primary N) is 1. The first kappa shape index (κ1) is 15.4. The molecule has 0 amide bonds. The van der Waals surface area contributed by atoms with Crippen LogP contribution < -0.4 is 11.3 Å². The lowest BCUT2D eigenvalue weighted by molar-refractivity contribution is 0.117. The zero-order chi connectivity index (χ0) is 14.4. The highest BCUT2D eigenvalue weighted by Gasteiger charge is 2.17. The SMILES string of the molecule is CC(C)CN1CCN(Cc2ccc(CNN)cc2)CC1. The summed E-state index contributed by atoms with van der Waals surface area (Å²) in [5, 5.41) is 0. The Labute approximate surface area is 122 Å². The van der Waals surface area contributed by atoms with Crippen LogP contribution in [0.2, 0.25) is 0 Å². The lowest BCUT2D eigenvalue weighted by Crippen LogP contribution is -2.46. The van der Waals surface area contributed by atoms with E-state index in [4.69, 9.17) is 5.84 Å². The smallest absolute Gasteiger partial charge is 0.0348 e. The third-order valence-electron chi connectivity index (χ3n) is 3.82. The number of benzene rings is 1. The van der Waals surface area contributed by atoms with Crippen molar-refractivity contribution in [3.05, 3.63) is 35.4 Å². The lowest BCUT2D eigenvalue weighted by atomic mass is 10.1. The van der Waals surface area contributed by atoms with Crippen LogP contribution in [0.25, 0.3) is 0 Å². The molecule has 0 radical (unpaired) electrons. The van der Waals surface area contributed by atoms with Gasteiger partial charge in [0.05, 0.1) is 0 Å². The second kappa shape index (κ2) is 7.74. The van der Waals surface area contributed by atoms with Crippen molar-refractivity contribution in [2.75, 3.05) is 32.7 Å². The summed E-state index contributed by atoms with van der Waals surface area (Å²) < 4.78 is 0. The Balaban J connectivity index is 1.77. The monoisotopic (exact) mass is 276 g/mol. The van der Waals surface area contributed by atoms with Crippen LogP contribution in [0.1, 0.15) is 25.0 Å². The molecule has 0 unspecified atom stereocenters. The van der Waals surface area contributed by atoms with Crippen molar-refractivity contribution >= 4 is 0 Å². The van der Waals surface area contributed by atoms with E-state index < -0.39 is 0 Å². The molecular weight excluding hydrogens is 248 g/mol. The van der Waals surface area contributed by atoms with Crippen LogP contribution in [0.3, 0.4) is 0 Å². The predicted molar refractivity (Wildman–Crippen MR) is 84.0 cm³/mol. The second-order valence-corrected chi connectivity index (χ2v) is 6.17. The van der Waals surface area contributed by atoms with Crippen molar-refractivity contribution < 1.29 is 0 Å². The molecule has 4 nitrogen and oxygen atoms in total. The minimum Gasteiger partial charge on any atom is -0.301 e. The molecule has 1 aliphatic heterocycles. The van der Waals surface area contributed by atoms with Gasteiger partial charge in [-0.15, -0.1) is 0 Å². The van der Waals surface area contributed by atoms with Crippen molar-refractivity contribution in [2.45, 2.75) is 26.9 Å². The number of nitrogens with zero attached hydrogens (tertiary/aromatic N) is 2. The summed E-state index contributed by atoms with van der Waals surface area (Å²) in [6.07, 6.45) is 0. The summed E-state index contributed by atoms with van der Waals surface area (Å²) in [4.78, 5) is 5.13. The Morgan fingerprint density at radius 1 is 1.00 bits per heavy atom. The van der Waals surface area contributed by atoms with Gasteiger partial charge in [0, 0.05) is 45.8 Å². The Bertz CT molecular complexity index is 380. The maximum atomic E-state index is 5.33. The van der Waals surface area contributed by atoms with E-state index in [1.807, 2.05) is 0 Å². The number of piperazine rings is 1. The zero-order valence-corrected chi connectivity index (χ0v) is 12.8. The van der Waals surface area contributed by atoms with E-state index in [9.17, 15) is 0 Å². The first-order valence-corrected chi connectivity index (χ1v) is 7.63. The first-order valence-electron chi connectivity index (χ1n) is 7.63. The van der Waals surface area contributed by atoms with E-state index in [0.29, 0.717) is 0 Å². The van der Waals surface area contributed by atoms with Gasteiger partial charge in [0.2, 0.25) is 0 Å². The summed E-state index contributed by atoms with van der Waals surface area (Å²) in [6.45, 7) is 12.4. The third-order valence-corrected chi connectivity index (χ3v) is 3.82. The molecule has 1 aliphatic rings. The minimum absolute atomic E-state index is 0.730. The average molecular weight is 276 g/mol. The highest BCUT2D eigenvalue weighted by Crippen LogP contribution is 2.11. The van der Waals surface area contributed by atoms with Gasteiger partial charge in [-0.05, 0) is 17.0 Å². The van der Waals surface area contributed by atoms with Gasteiger partial charge in [0.25, 0.3) is 0 Å². The van der Waals surface area contributed by atoms with Crippen LogP contribution in [-0.2, 0) is 13.1 Å². The average Bonchev–Trinajstić information content (AvgIpc) is 2.43. The van der Waals surface area contributed by atoms with Crippen LogP contribution in [0.15, 0.2) is 24.3 Å². The van der Waals surface area contributed by atoms with Gasteiger partial charge in [-0.1, -0.05) is 38.1 Å². The van der Waals surface area contributed by atoms with Crippen molar-refractivity contribution in [1.29, 1.82) is 0 Å². The van der Waals surface area contributed by atoms with E-state index in [2.05, 4.69) is 53.3 Å². The van der Waals surface area contributed by atoms with Crippen LogP contribution in [0, 0.1) is 5.92 Å². The molecule has 1 heterocycles. The molecule has 1 fully saturated rings. The maximum Gasteiger partial charge on any atom is 0.0348 e. The van der Waals surface area contributed by atoms with E-state index in [-0.39, 0.29) is 0 Å². The molecule has 0 aliphatic carbocycles. The summed E-state index contributed by atoms with van der Waals surface area (Å²) in [5.41, 5.74) is 5.32. The summed E-state index contributed by atoms with van der Waals surface area (Å²) in [5.74, 6) is 6.10. The fraction of sp³-hybridized carbons (Fsp3) is 0.625. The largest absolute Gasteiger partial charge is 0.301 e. The molecule has 1 aromatic carbocycles. The molecule has 0 bridgehead atoms. The minimum atomic E-state index is 0.730. The number of hydrogen-bond acceptors (Lipinski definition) is 4. The first-order chi connectivity index (χ1) is 9.67. The van der Waals surface area contributed by atoms with Gasteiger partial charge in [-0.25, -0.2) is 0 Å². The molecule has 4 heteroatoms. The quantitative estimate of drug-likeness (QED) is 0.609. The van der Waals surface area contributed by atoms with E-state index in [1.165, 1.54) is 43.9 Å². The summed E-state index contributed by atoms with van der Waals surface area (Å²) in [6, 6.07) is 8.74. The van der Waals surface area contributed by atoms with E-state index >= 15 is 0 Å². The fourth-order valence-electron chi connectivity index (χ4n) is 2.78. The molecule has 112 valence electrons. The van der Waals surface area contributed by atoms with Crippen LogP contribution in [0.4, 0.5) is 0 Å². The van der Waals surface area contributed by atoms with Gasteiger partial charge >= 0.3 is 0 Å². The predicted octanol–water partition coefficient (Wildman–Crippen LogP) is 1.42. The third kappa shape index (κ3) is 4.87. The standard InChI is InChI=1S/C16H28N4/c1-14(2)12-19-7-9-20(10-8-19)13-16-5-3-15(4-6-16)11-18-17/h3-6,14,18H,7-13,17H2,1-2H3. The van der Waals surface area contributed by atoms with Gasteiger partial charge in [0.1, 0.15) is 0 Å². The Morgan fingerprint density at radius 3 is 2.10 bits per heavy atom. The van der Waals surface area contributed by atoms with Crippen molar-refractivity contribution in [3.63, 3.8) is 0 Å². The van der Waals surface area contributed by atoms with Crippen LogP contribution >= 0.6 is 0 Å².